The van der Waals surface area contributed by atoms with Crippen LogP contribution in [0.5, 0.6) is 0 Å². The van der Waals surface area contributed by atoms with E-state index >= 15 is 0 Å². The van der Waals surface area contributed by atoms with E-state index in [1.54, 1.807) is 14.0 Å². The van der Waals surface area contributed by atoms with Crippen LogP contribution in [-0.2, 0) is 16.6 Å². The van der Waals surface area contributed by atoms with E-state index in [0.717, 1.165) is 4.88 Å². The molecular formula is C13H18N2O3S2. The van der Waals surface area contributed by atoms with Crippen LogP contribution in [0.1, 0.15) is 29.4 Å². The van der Waals surface area contributed by atoms with Crippen molar-refractivity contribution < 1.29 is 12.8 Å². The van der Waals surface area contributed by atoms with Crippen molar-refractivity contribution in [2.45, 2.75) is 31.3 Å². The standard InChI is InChI=1S/C13H18N2O3S2/c1-9(12-5-4-6-19-12)15(3)20(16,17)13-7-11(8-14)18-10(13)2/h4-7,9H,8,14H2,1-3H3. The lowest BCUT2D eigenvalue weighted by Crippen LogP contribution is -2.29. The van der Waals surface area contributed by atoms with Crippen molar-refractivity contribution in [3.8, 4) is 0 Å². The summed E-state index contributed by atoms with van der Waals surface area (Å²) in [5.74, 6) is 0.842. The minimum atomic E-state index is -3.59. The summed E-state index contributed by atoms with van der Waals surface area (Å²) < 4.78 is 32.0. The minimum absolute atomic E-state index is 0.181. The number of thiophene rings is 1. The summed E-state index contributed by atoms with van der Waals surface area (Å²) in [6.07, 6.45) is 0. The Morgan fingerprint density at radius 1 is 1.50 bits per heavy atom. The molecule has 0 aliphatic rings. The number of rotatable bonds is 5. The molecule has 0 aliphatic carbocycles. The monoisotopic (exact) mass is 314 g/mol. The zero-order chi connectivity index (χ0) is 14.9. The molecule has 0 saturated carbocycles. The Hall–Kier alpha value is -1.15. The maximum atomic E-state index is 12.6. The van der Waals surface area contributed by atoms with Gasteiger partial charge >= 0.3 is 0 Å². The molecule has 2 N–H and O–H groups in total. The van der Waals surface area contributed by atoms with Crippen molar-refractivity contribution >= 4 is 21.4 Å². The first-order valence-corrected chi connectivity index (χ1v) is 8.50. The van der Waals surface area contributed by atoms with E-state index in [-0.39, 0.29) is 17.5 Å². The summed E-state index contributed by atoms with van der Waals surface area (Å²) in [6.45, 7) is 3.68. The van der Waals surface area contributed by atoms with Crippen molar-refractivity contribution in [1.29, 1.82) is 0 Å². The third-order valence-corrected chi connectivity index (χ3v) is 6.36. The fourth-order valence-electron chi connectivity index (χ4n) is 1.95. The number of nitrogens with zero attached hydrogens (tertiary/aromatic N) is 1. The highest BCUT2D eigenvalue weighted by molar-refractivity contribution is 7.89. The van der Waals surface area contributed by atoms with Crippen LogP contribution in [-0.4, -0.2) is 19.8 Å². The van der Waals surface area contributed by atoms with E-state index in [4.69, 9.17) is 10.2 Å². The number of aryl methyl sites for hydroxylation is 1. The Kier molecular flexibility index (Phi) is 4.33. The SMILES string of the molecule is Cc1oc(CN)cc1S(=O)(=O)N(C)C(C)c1cccs1. The van der Waals surface area contributed by atoms with Crippen molar-refractivity contribution in [2.75, 3.05) is 7.05 Å². The second-order valence-electron chi connectivity index (χ2n) is 4.55. The third-order valence-electron chi connectivity index (χ3n) is 3.28. The lowest BCUT2D eigenvalue weighted by Gasteiger charge is -2.23. The van der Waals surface area contributed by atoms with E-state index in [2.05, 4.69) is 0 Å². The Labute approximate surface area is 123 Å². The van der Waals surface area contributed by atoms with Crippen LogP contribution in [0.2, 0.25) is 0 Å². The van der Waals surface area contributed by atoms with Gasteiger partial charge < -0.3 is 10.2 Å². The first kappa shape index (κ1) is 15.2. The van der Waals surface area contributed by atoms with Gasteiger partial charge in [0, 0.05) is 18.0 Å². The molecule has 20 heavy (non-hydrogen) atoms. The molecule has 0 aliphatic heterocycles. The predicted octanol–water partition coefficient (Wildman–Crippen LogP) is 2.49. The molecule has 1 unspecified atom stereocenters. The molecule has 0 radical (unpaired) electrons. The molecule has 2 rings (SSSR count). The van der Waals surface area contributed by atoms with E-state index in [1.807, 2.05) is 24.4 Å². The molecule has 7 heteroatoms. The predicted molar refractivity (Wildman–Crippen MR) is 79.0 cm³/mol. The number of furan rings is 1. The van der Waals surface area contributed by atoms with Crippen molar-refractivity contribution in [1.82, 2.24) is 4.31 Å². The fourth-order valence-corrected chi connectivity index (χ4v) is 4.37. The molecule has 0 fully saturated rings. The summed E-state index contributed by atoms with van der Waals surface area (Å²) in [4.78, 5) is 1.18. The van der Waals surface area contributed by atoms with Crippen LogP contribution >= 0.6 is 11.3 Å². The van der Waals surface area contributed by atoms with Gasteiger partial charge in [0.05, 0.1) is 12.6 Å². The summed E-state index contributed by atoms with van der Waals surface area (Å²) in [5.41, 5.74) is 5.49. The smallest absolute Gasteiger partial charge is 0.246 e. The Bertz CT molecular complexity index is 675. The van der Waals surface area contributed by atoms with Crippen LogP contribution < -0.4 is 5.73 Å². The van der Waals surface area contributed by atoms with E-state index in [0.29, 0.717) is 11.5 Å². The average molecular weight is 314 g/mol. The second-order valence-corrected chi connectivity index (χ2v) is 7.50. The summed E-state index contributed by atoms with van der Waals surface area (Å²) >= 11 is 1.54. The van der Waals surface area contributed by atoms with Gasteiger partial charge in [0.2, 0.25) is 10.0 Å². The van der Waals surface area contributed by atoms with E-state index in [9.17, 15) is 8.42 Å². The molecule has 5 nitrogen and oxygen atoms in total. The van der Waals surface area contributed by atoms with Crippen LogP contribution in [0.4, 0.5) is 0 Å². The molecule has 0 amide bonds. The second kappa shape index (κ2) is 5.69. The van der Waals surface area contributed by atoms with Gasteiger partial charge in [0.1, 0.15) is 16.4 Å². The average Bonchev–Trinajstić information content (AvgIpc) is 3.05. The van der Waals surface area contributed by atoms with Crippen LogP contribution in [0, 0.1) is 6.92 Å². The number of hydrogen-bond acceptors (Lipinski definition) is 5. The van der Waals surface area contributed by atoms with Gasteiger partial charge in [-0.05, 0) is 25.3 Å². The normalized spacial score (nSPS) is 13.8. The lowest BCUT2D eigenvalue weighted by atomic mass is 10.3. The van der Waals surface area contributed by atoms with Crippen LogP contribution in [0.25, 0.3) is 0 Å². The molecule has 2 heterocycles. The molecule has 0 spiro atoms. The molecule has 2 aromatic heterocycles. The molecule has 1 atom stereocenters. The lowest BCUT2D eigenvalue weighted by molar-refractivity contribution is 0.400. The van der Waals surface area contributed by atoms with Gasteiger partial charge in [-0.3, -0.25) is 0 Å². The Morgan fingerprint density at radius 3 is 2.70 bits per heavy atom. The minimum Gasteiger partial charge on any atom is -0.464 e. The first-order valence-electron chi connectivity index (χ1n) is 6.18. The number of sulfonamides is 1. The molecule has 2 aromatic rings. The summed E-state index contributed by atoms with van der Waals surface area (Å²) in [6, 6.07) is 5.11. The number of hydrogen-bond donors (Lipinski definition) is 1. The largest absolute Gasteiger partial charge is 0.464 e. The van der Waals surface area contributed by atoms with Crippen molar-refractivity contribution in [3.05, 3.63) is 40.0 Å². The highest BCUT2D eigenvalue weighted by atomic mass is 32.2. The maximum absolute atomic E-state index is 12.6. The molecular weight excluding hydrogens is 296 g/mol. The molecule has 0 aromatic carbocycles. The van der Waals surface area contributed by atoms with E-state index in [1.165, 1.54) is 21.7 Å². The Balaban J connectivity index is 2.36. The van der Waals surface area contributed by atoms with Gasteiger partial charge in [-0.15, -0.1) is 11.3 Å². The molecule has 110 valence electrons. The topological polar surface area (TPSA) is 76.5 Å². The van der Waals surface area contributed by atoms with Crippen molar-refractivity contribution in [3.63, 3.8) is 0 Å². The number of nitrogens with two attached hydrogens (primary N) is 1. The first-order chi connectivity index (χ1) is 9.37. The zero-order valence-corrected chi connectivity index (χ0v) is 13.3. The maximum Gasteiger partial charge on any atom is 0.246 e. The quantitative estimate of drug-likeness (QED) is 0.920. The Morgan fingerprint density at radius 2 is 2.20 bits per heavy atom. The molecule has 0 saturated heterocycles. The summed E-state index contributed by atoms with van der Waals surface area (Å²) in [5, 5.41) is 1.93. The zero-order valence-electron chi connectivity index (χ0n) is 11.7. The van der Waals surface area contributed by atoms with Gasteiger partial charge in [-0.1, -0.05) is 6.07 Å². The fraction of sp³-hybridized carbons (Fsp3) is 0.385. The van der Waals surface area contributed by atoms with Gasteiger partial charge in [-0.25, -0.2) is 8.42 Å². The van der Waals surface area contributed by atoms with Gasteiger partial charge in [-0.2, -0.15) is 4.31 Å². The molecule has 0 bridgehead atoms. The summed E-state index contributed by atoms with van der Waals surface area (Å²) in [7, 11) is -2.02. The van der Waals surface area contributed by atoms with Gasteiger partial charge in [0.25, 0.3) is 0 Å². The van der Waals surface area contributed by atoms with Crippen molar-refractivity contribution in [2.24, 2.45) is 5.73 Å². The van der Waals surface area contributed by atoms with Crippen LogP contribution in [0.3, 0.4) is 0 Å². The highest BCUT2D eigenvalue weighted by Crippen LogP contribution is 2.30. The van der Waals surface area contributed by atoms with E-state index < -0.39 is 10.0 Å². The highest BCUT2D eigenvalue weighted by Gasteiger charge is 2.30. The van der Waals surface area contributed by atoms with Gasteiger partial charge in [0.15, 0.2) is 0 Å². The van der Waals surface area contributed by atoms with Crippen LogP contribution in [0.15, 0.2) is 32.9 Å². The third kappa shape index (κ3) is 2.67.